The number of nitrogens with one attached hydrogen (secondary N) is 3. The molecule has 3 amide bonds. The maximum atomic E-state index is 13.2. The Morgan fingerprint density at radius 2 is 1.82 bits per heavy atom. The molecule has 2 aromatic carbocycles. The van der Waals surface area contributed by atoms with E-state index in [4.69, 9.17) is 25.6 Å². The third-order valence-corrected chi connectivity index (χ3v) is 5.22. The first-order chi connectivity index (χ1) is 18.2. The number of amides is 3. The fourth-order valence-corrected chi connectivity index (χ4v) is 3.54. The van der Waals surface area contributed by atoms with Crippen molar-refractivity contribution in [2.45, 2.75) is 20.4 Å². The lowest BCUT2D eigenvalue weighted by Gasteiger charge is -2.12. The maximum Gasteiger partial charge on any atom is 0.413 e. The van der Waals surface area contributed by atoms with Gasteiger partial charge in [-0.2, -0.15) is 4.99 Å². The normalized spacial score (nSPS) is 10.9. The third kappa shape index (κ3) is 7.46. The second kappa shape index (κ2) is 13.1. The molecule has 0 aliphatic heterocycles. The van der Waals surface area contributed by atoms with Crippen molar-refractivity contribution in [3.8, 4) is 17.0 Å². The van der Waals surface area contributed by atoms with Gasteiger partial charge in [-0.3, -0.25) is 15.4 Å². The van der Waals surface area contributed by atoms with Gasteiger partial charge < -0.3 is 24.1 Å². The van der Waals surface area contributed by atoms with E-state index in [1.54, 1.807) is 63.4 Å². The van der Waals surface area contributed by atoms with Crippen LogP contribution in [0.1, 0.15) is 28.6 Å². The number of ether oxygens (including phenoxy) is 3. The van der Waals surface area contributed by atoms with Crippen LogP contribution in [0.25, 0.3) is 11.3 Å². The molecule has 38 heavy (non-hydrogen) atoms. The first-order valence-electron chi connectivity index (χ1n) is 11.3. The number of anilines is 1. The van der Waals surface area contributed by atoms with Gasteiger partial charge in [0.25, 0.3) is 5.91 Å². The summed E-state index contributed by atoms with van der Waals surface area (Å²) in [5, 5.41) is 12.1. The average Bonchev–Trinajstić information content (AvgIpc) is 3.28. The molecular weight excluding hydrogens is 518 g/mol. The van der Waals surface area contributed by atoms with E-state index >= 15 is 0 Å². The summed E-state index contributed by atoms with van der Waals surface area (Å²) < 4.78 is 19.9. The summed E-state index contributed by atoms with van der Waals surface area (Å²) in [7, 11) is 2.72. The molecule has 0 aliphatic rings. The minimum absolute atomic E-state index is 0.0716. The highest BCUT2D eigenvalue weighted by atomic mass is 35.5. The largest absolute Gasteiger partial charge is 0.497 e. The highest BCUT2D eigenvalue weighted by molar-refractivity contribution is 6.31. The summed E-state index contributed by atoms with van der Waals surface area (Å²) >= 11 is 6.18. The van der Waals surface area contributed by atoms with E-state index in [9.17, 15) is 14.4 Å². The molecule has 0 saturated heterocycles. The molecule has 3 N–H and O–H groups in total. The van der Waals surface area contributed by atoms with Gasteiger partial charge in [-0.25, -0.2) is 9.59 Å². The number of nitrogens with zero attached hydrogens (tertiary/aromatic N) is 2. The summed E-state index contributed by atoms with van der Waals surface area (Å²) in [6.45, 7) is 3.54. The summed E-state index contributed by atoms with van der Waals surface area (Å²) in [5.41, 5.74) is 2.01. The molecule has 0 fully saturated rings. The molecule has 0 atom stereocenters. The maximum absolute atomic E-state index is 13.2. The van der Waals surface area contributed by atoms with Gasteiger partial charge in [-0.1, -0.05) is 16.8 Å². The van der Waals surface area contributed by atoms with Gasteiger partial charge >= 0.3 is 12.2 Å². The van der Waals surface area contributed by atoms with Gasteiger partial charge in [0, 0.05) is 22.8 Å². The van der Waals surface area contributed by atoms with Crippen molar-refractivity contribution >= 4 is 41.3 Å². The van der Waals surface area contributed by atoms with Gasteiger partial charge in [0.05, 0.1) is 20.8 Å². The van der Waals surface area contributed by atoms with E-state index in [0.29, 0.717) is 27.6 Å². The van der Waals surface area contributed by atoms with E-state index < -0.39 is 18.1 Å². The van der Waals surface area contributed by atoms with Crippen molar-refractivity contribution in [2.75, 3.05) is 26.1 Å². The van der Waals surface area contributed by atoms with Crippen LogP contribution in [0.15, 0.2) is 52.0 Å². The number of methoxy groups -OCH3 is 2. The Labute approximate surface area is 223 Å². The third-order valence-electron chi connectivity index (χ3n) is 5.00. The number of rotatable bonds is 7. The number of aliphatic imine (C=N–C) groups is 1. The van der Waals surface area contributed by atoms with Crippen LogP contribution >= 0.6 is 11.6 Å². The van der Waals surface area contributed by atoms with Crippen LogP contribution < -0.4 is 20.7 Å². The Balaban J connectivity index is 1.85. The summed E-state index contributed by atoms with van der Waals surface area (Å²) in [6, 6.07) is 11.7. The Bertz CT molecular complexity index is 1340. The molecule has 1 aromatic heterocycles. The van der Waals surface area contributed by atoms with Crippen LogP contribution in [-0.2, 0) is 16.0 Å². The Kier molecular flexibility index (Phi) is 9.66. The van der Waals surface area contributed by atoms with E-state index in [1.165, 1.54) is 7.11 Å². The molecule has 13 heteroatoms. The molecule has 0 radical (unpaired) electrons. The predicted molar refractivity (Wildman–Crippen MR) is 139 cm³/mol. The zero-order valence-corrected chi connectivity index (χ0v) is 21.8. The highest BCUT2D eigenvalue weighted by Gasteiger charge is 2.22. The molecule has 1 heterocycles. The SMILES string of the molecule is CCOC(=O)Nc1cc(Cl)cc(CN/C(=N\C(=O)c2c(-c3ccc(OC)cc3)noc2C)NC(=O)OC)c1. The number of aromatic nitrogens is 1. The number of aryl methyl sites for hydroxylation is 1. The molecule has 12 nitrogen and oxygen atoms in total. The smallest absolute Gasteiger partial charge is 0.413 e. The number of hydrogen-bond acceptors (Lipinski definition) is 8. The van der Waals surface area contributed by atoms with Crippen molar-refractivity contribution in [2.24, 2.45) is 4.99 Å². The van der Waals surface area contributed by atoms with Crippen LogP contribution in [0.4, 0.5) is 15.3 Å². The van der Waals surface area contributed by atoms with Crippen LogP contribution in [0.5, 0.6) is 5.75 Å². The minimum Gasteiger partial charge on any atom is -0.497 e. The first kappa shape index (κ1) is 28.0. The van der Waals surface area contributed by atoms with Gasteiger partial charge in [-0.05, 0) is 61.9 Å². The van der Waals surface area contributed by atoms with Crippen LogP contribution in [0.2, 0.25) is 5.02 Å². The fraction of sp³-hybridized carbons (Fsp3) is 0.240. The fourth-order valence-electron chi connectivity index (χ4n) is 3.28. The number of hydrogen-bond donors (Lipinski definition) is 3. The van der Waals surface area contributed by atoms with Crippen LogP contribution in [0, 0.1) is 6.92 Å². The quantitative estimate of drug-likeness (QED) is 0.288. The van der Waals surface area contributed by atoms with Gasteiger partial charge in [0.2, 0.25) is 5.96 Å². The van der Waals surface area contributed by atoms with E-state index in [-0.39, 0.29) is 36.1 Å². The van der Waals surface area contributed by atoms with E-state index in [2.05, 4.69) is 30.8 Å². The molecule has 3 rings (SSSR count). The lowest BCUT2D eigenvalue weighted by Crippen LogP contribution is -2.41. The molecular formula is C25H26ClN5O7. The molecule has 0 spiro atoms. The van der Waals surface area contributed by atoms with Gasteiger partial charge in [0.1, 0.15) is 22.8 Å². The Morgan fingerprint density at radius 1 is 1.08 bits per heavy atom. The number of carbonyl (C=O) groups excluding carboxylic acids is 3. The van der Waals surface area contributed by atoms with Crippen molar-refractivity contribution in [3.63, 3.8) is 0 Å². The monoisotopic (exact) mass is 543 g/mol. The number of alkyl carbamates (subject to hydrolysis) is 1. The molecule has 3 aromatic rings. The van der Waals surface area contributed by atoms with Crippen molar-refractivity contribution in [1.29, 1.82) is 0 Å². The second-order valence-electron chi connectivity index (χ2n) is 7.62. The van der Waals surface area contributed by atoms with Gasteiger partial charge in [0.15, 0.2) is 0 Å². The van der Waals surface area contributed by atoms with Crippen molar-refractivity contribution in [3.05, 3.63) is 64.4 Å². The minimum atomic E-state index is -0.850. The van der Waals surface area contributed by atoms with Crippen molar-refractivity contribution < 1.29 is 33.1 Å². The lowest BCUT2D eigenvalue weighted by atomic mass is 10.1. The lowest BCUT2D eigenvalue weighted by molar-refractivity contribution is 0.100. The highest BCUT2D eigenvalue weighted by Crippen LogP contribution is 2.27. The molecule has 0 unspecified atom stereocenters. The molecule has 0 saturated carbocycles. The molecule has 200 valence electrons. The van der Waals surface area contributed by atoms with E-state index in [0.717, 1.165) is 0 Å². The summed E-state index contributed by atoms with van der Waals surface area (Å²) in [4.78, 5) is 40.9. The molecule has 0 bridgehead atoms. The number of guanidine groups is 1. The Morgan fingerprint density at radius 3 is 2.47 bits per heavy atom. The zero-order valence-electron chi connectivity index (χ0n) is 21.1. The van der Waals surface area contributed by atoms with Crippen LogP contribution in [0.3, 0.4) is 0 Å². The first-order valence-corrected chi connectivity index (χ1v) is 11.7. The topological polar surface area (TPSA) is 153 Å². The predicted octanol–water partition coefficient (Wildman–Crippen LogP) is 4.52. The standard InChI is InChI=1S/C25H26ClN5O7/c1-5-37-25(34)28-18-11-15(10-17(26)12-18)13-27-23(30-24(33)36-4)29-22(32)20-14(2)38-31-21(20)16-6-8-19(35-3)9-7-16/h6-12H,5,13H2,1-4H3,(H,28,34)(H2,27,29,30,32,33). The van der Waals surface area contributed by atoms with Crippen LogP contribution in [-0.4, -0.2) is 50.0 Å². The Hall–Kier alpha value is -4.58. The zero-order chi connectivity index (χ0) is 27.7. The number of benzene rings is 2. The second-order valence-corrected chi connectivity index (χ2v) is 8.06. The summed E-state index contributed by atoms with van der Waals surface area (Å²) in [6.07, 6.45) is -1.48. The number of halogens is 1. The average molecular weight is 544 g/mol. The van der Waals surface area contributed by atoms with Crippen molar-refractivity contribution in [1.82, 2.24) is 15.8 Å². The number of carbonyl (C=O) groups is 3. The van der Waals surface area contributed by atoms with E-state index in [1.807, 2.05) is 0 Å². The summed E-state index contributed by atoms with van der Waals surface area (Å²) in [5.74, 6) is -0.0333. The molecule has 0 aliphatic carbocycles. The van der Waals surface area contributed by atoms with Gasteiger partial charge in [-0.15, -0.1) is 0 Å².